The van der Waals surface area contributed by atoms with Crippen LogP contribution in [0.3, 0.4) is 0 Å². The number of ether oxygens (including phenoxy) is 1. The first-order valence-electron chi connectivity index (χ1n) is 6.26. The zero-order valence-corrected chi connectivity index (χ0v) is 13.7. The molecule has 3 heteroatoms. The van der Waals surface area contributed by atoms with Gasteiger partial charge in [0, 0.05) is 10.7 Å². The number of rotatable bonds is 3. The van der Waals surface area contributed by atoms with E-state index in [0.29, 0.717) is 10.7 Å². The van der Waals surface area contributed by atoms with Gasteiger partial charge in [0.1, 0.15) is 5.75 Å². The van der Waals surface area contributed by atoms with Gasteiger partial charge in [0.25, 0.3) is 0 Å². The Hall–Kier alpha value is -0.800. The van der Waals surface area contributed by atoms with Crippen LogP contribution in [0.2, 0.25) is 0 Å². The Morgan fingerprint density at radius 3 is 2.68 bits per heavy atom. The zero-order chi connectivity index (χ0) is 13.4. The highest BCUT2D eigenvalue weighted by Gasteiger charge is 2.32. The number of alkyl halides is 1. The molecule has 0 saturated carbocycles. The largest absolute Gasteiger partial charge is 0.496 e. The Balaban J connectivity index is 1.86. The van der Waals surface area contributed by atoms with Gasteiger partial charge in [0.05, 0.1) is 11.6 Å². The molecule has 3 rings (SSSR count). The van der Waals surface area contributed by atoms with E-state index in [9.17, 15) is 0 Å². The van der Waals surface area contributed by atoms with Gasteiger partial charge in [-0.15, -0.1) is 0 Å². The standard InChI is InChI=1S/C16H14Br2O/c1-19-15-7-6-11(9-14(15)17)16(18)13-8-10-4-2-3-5-12(10)13/h2-7,9,13,16H,8H2,1H3. The molecule has 0 spiro atoms. The summed E-state index contributed by atoms with van der Waals surface area (Å²) in [5, 5.41) is 0. The summed E-state index contributed by atoms with van der Waals surface area (Å²) in [7, 11) is 1.69. The number of benzene rings is 2. The smallest absolute Gasteiger partial charge is 0.133 e. The quantitative estimate of drug-likeness (QED) is 0.661. The summed E-state index contributed by atoms with van der Waals surface area (Å²) in [5.74, 6) is 1.44. The van der Waals surface area contributed by atoms with Gasteiger partial charge in [-0.25, -0.2) is 0 Å². The summed E-state index contributed by atoms with van der Waals surface area (Å²) >= 11 is 7.40. The molecular weight excluding hydrogens is 368 g/mol. The Morgan fingerprint density at radius 1 is 1.21 bits per heavy atom. The normalized spacial score (nSPS) is 18.4. The fraction of sp³-hybridized carbons (Fsp3) is 0.250. The summed E-state index contributed by atoms with van der Waals surface area (Å²) in [6.45, 7) is 0. The molecule has 0 radical (unpaired) electrons. The van der Waals surface area contributed by atoms with Crippen molar-refractivity contribution in [3.05, 3.63) is 63.6 Å². The molecule has 19 heavy (non-hydrogen) atoms. The molecule has 1 aliphatic carbocycles. The fourth-order valence-electron chi connectivity index (χ4n) is 2.65. The molecule has 0 heterocycles. The molecule has 0 bridgehead atoms. The van der Waals surface area contributed by atoms with Crippen molar-refractivity contribution in [1.29, 1.82) is 0 Å². The lowest BCUT2D eigenvalue weighted by atomic mass is 9.74. The van der Waals surface area contributed by atoms with Gasteiger partial charge in [-0.2, -0.15) is 0 Å². The maximum absolute atomic E-state index is 5.27. The van der Waals surface area contributed by atoms with Crippen LogP contribution in [0.5, 0.6) is 5.75 Å². The third-order valence-electron chi connectivity index (χ3n) is 3.74. The number of hydrogen-bond donors (Lipinski definition) is 0. The van der Waals surface area contributed by atoms with Gasteiger partial charge >= 0.3 is 0 Å². The Labute approximate surface area is 130 Å². The number of halogens is 2. The van der Waals surface area contributed by atoms with Gasteiger partial charge in [0.15, 0.2) is 0 Å². The minimum atomic E-state index is 0.351. The molecule has 0 fully saturated rings. The maximum atomic E-state index is 5.27. The molecule has 0 N–H and O–H groups in total. The summed E-state index contributed by atoms with van der Waals surface area (Å²) in [6, 6.07) is 15.0. The topological polar surface area (TPSA) is 9.23 Å². The lowest BCUT2D eigenvalue weighted by Gasteiger charge is -2.34. The van der Waals surface area contributed by atoms with Crippen molar-refractivity contribution < 1.29 is 4.74 Å². The van der Waals surface area contributed by atoms with E-state index >= 15 is 0 Å². The van der Waals surface area contributed by atoms with Gasteiger partial charge in [-0.1, -0.05) is 46.3 Å². The van der Waals surface area contributed by atoms with Crippen LogP contribution in [0.1, 0.15) is 27.4 Å². The van der Waals surface area contributed by atoms with Crippen LogP contribution >= 0.6 is 31.9 Å². The van der Waals surface area contributed by atoms with Crippen LogP contribution in [-0.2, 0) is 6.42 Å². The minimum absolute atomic E-state index is 0.351. The van der Waals surface area contributed by atoms with E-state index in [1.165, 1.54) is 16.7 Å². The van der Waals surface area contributed by atoms with E-state index in [1.54, 1.807) is 7.11 Å². The third kappa shape index (κ3) is 2.34. The molecule has 2 unspecified atom stereocenters. The molecule has 98 valence electrons. The lowest BCUT2D eigenvalue weighted by Crippen LogP contribution is -2.20. The fourth-order valence-corrected chi connectivity index (χ4v) is 3.96. The number of fused-ring (bicyclic) bond motifs is 1. The van der Waals surface area contributed by atoms with E-state index < -0.39 is 0 Å². The summed E-state index contributed by atoms with van der Waals surface area (Å²) < 4.78 is 6.28. The molecule has 1 aliphatic rings. The Kier molecular flexibility index (Phi) is 3.68. The van der Waals surface area contributed by atoms with Gasteiger partial charge < -0.3 is 4.74 Å². The number of hydrogen-bond acceptors (Lipinski definition) is 1. The molecule has 2 aromatic carbocycles. The lowest BCUT2D eigenvalue weighted by molar-refractivity contribution is 0.412. The summed E-state index contributed by atoms with van der Waals surface area (Å²) in [4.78, 5) is 0.351. The second-order valence-corrected chi connectivity index (χ2v) is 6.65. The van der Waals surface area contributed by atoms with Crippen LogP contribution in [0, 0.1) is 0 Å². The van der Waals surface area contributed by atoms with E-state index in [4.69, 9.17) is 4.74 Å². The third-order valence-corrected chi connectivity index (χ3v) is 5.53. The van der Waals surface area contributed by atoms with Crippen molar-refractivity contribution in [2.75, 3.05) is 7.11 Å². The van der Waals surface area contributed by atoms with Crippen LogP contribution in [0.4, 0.5) is 0 Å². The summed E-state index contributed by atoms with van der Waals surface area (Å²) in [5.41, 5.74) is 4.23. The van der Waals surface area contributed by atoms with Gasteiger partial charge in [0.2, 0.25) is 0 Å². The van der Waals surface area contributed by atoms with Crippen LogP contribution in [-0.4, -0.2) is 7.11 Å². The first kappa shape index (κ1) is 13.2. The van der Waals surface area contributed by atoms with Gasteiger partial charge in [-0.05, 0) is 51.2 Å². The highest BCUT2D eigenvalue weighted by molar-refractivity contribution is 9.10. The Morgan fingerprint density at radius 2 is 2.00 bits per heavy atom. The van der Waals surface area contributed by atoms with Crippen molar-refractivity contribution in [3.63, 3.8) is 0 Å². The predicted molar refractivity (Wildman–Crippen MR) is 85.2 cm³/mol. The molecule has 0 aliphatic heterocycles. The first-order valence-corrected chi connectivity index (χ1v) is 7.97. The van der Waals surface area contributed by atoms with Crippen LogP contribution in [0.25, 0.3) is 0 Å². The van der Waals surface area contributed by atoms with Crippen molar-refractivity contribution in [2.45, 2.75) is 17.2 Å². The molecule has 2 aromatic rings. The average molecular weight is 382 g/mol. The highest BCUT2D eigenvalue weighted by atomic mass is 79.9. The molecule has 0 saturated heterocycles. The van der Waals surface area contributed by atoms with E-state index in [1.807, 2.05) is 6.07 Å². The predicted octanol–water partition coefficient (Wildman–Crippen LogP) is 5.23. The molecular formula is C16H14Br2O. The van der Waals surface area contributed by atoms with Crippen LogP contribution in [0.15, 0.2) is 46.9 Å². The second kappa shape index (κ2) is 5.29. The van der Waals surface area contributed by atoms with E-state index in [-0.39, 0.29) is 0 Å². The van der Waals surface area contributed by atoms with Crippen molar-refractivity contribution in [2.24, 2.45) is 0 Å². The average Bonchev–Trinajstić information content (AvgIpc) is 2.40. The minimum Gasteiger partial charge on any atom is -0.496 e. The monoisotopic (exact) mass is 380 g/mol. The van der Waals surface area contributed by atoms with Crippen molar-refractivity contribution in [3.8, 4) is 5.75 Å². The molecule has 0 aromatic heterocycles. The molecule has 1 nitrogen and oxygen atoms in total. The summed E-state index contributed by atoms with van der Waals surface area (Å²) in [6.07, 6.45) is 1.15. The maximum Gasteiger partial charge on any atom is 0.133 e. The SMILES string of the molecule is COc1ccc(C(Br)C2Cc3ccccc32)cc1Br. The second-order valence-electron chi connectivity index (χ2n) is 4.81. The Bertz CT molecular complexity index is 609. The first-order chi connectivity index (χ1) is 9.20. The van der Waals surface area contributed by atoms with Gasteiger partial charge in [-0.3, -0.25) is 0 Å². The molecule has 2 atom stereocenters. The van der Waals surface area contributed by atoms with Crippen molar-refractivity contribution in [1.82, 2.24) is 0 Å². The number of methoxy groups -OCH3 is 1. The zero-order valence-electron chi connectivity index (χ0n) is 10.6. The van der Waals surface area contributed by atoms with Crippen LogP contribution < -0.4 is 4.74 Å². The highest BCUT2D eigenvalue weighted by Crippen LogP contribution is 2.48. The molecule has 0 amide bonds. The van der Waals surface area contributed by atoms with E-state index in [0.717, 1.165) is 16.6 Å². The van der Waals surface area contributed by atoms with Crippen molar-refractivity contribution >= 4 is 31.9 Å². The van der Waals surface area contributed by atoms with E-state index in [2.05, 4.69) is 68.3 Å².